The van der Waals surface area contributed by atoms with Crippen molar-refractivity contribution in [1.82, 2.24) is 10.3 Å². The quantitative estimate of drug-likeness (QED) is 0.832. The van der Waals surface area contributed by atoms with Gasteiger partial charge in [0, 0.05) is 24.8 Å². The second-order valence-electron chi connectivity index (χ2n) is 4.41. The van der Waals surface area contributed by atoms with Crippen molar-refractivity contribution in [2.45, 2.75) is 25.2 Å². The lowest BCUT2D eigenvalue weighted by molar-refractivity contribution is 0.350. The monoisotopic (exact) mass is 224 g/mol. The molecule has 2 fully saturated rings. The van der Waals surface area contributed by atoms with E-state index in [1.165, 1.54) is 23.6 Å². The molecule has 15 heavy (non-hydrogen) atoms. The van der Waals surface area contributed by atoms with Crippen molar-refractivity contribution in [2.24, 2.45) is 0 Å². The van der Waals surface area contributed by atoms with Gasteiger partial charge < -0.3 is 9.73 Å². The van der Waals surface area contributed by atoms with Crippen molar-refractivity contribution < 1.29 is 4.42 Å². The molecule has 2 saturated heterocycles. The fourth-order valence-electron chi connectivity index (χ4n) is 2.20. The predicted molar refractivity (Wildman–Crippen MR) is 61.5 cm³/mol. The highest BCUT2D eigenvalue weighted by molar-refractivity contribution is 7.99. The summed E-state index contributed by atoms with van der Waals surface area (Å²) in [5.41, 5.74) is 1.22. The molecule has 0 amide bonds. The van der Waals surface area contributed by atoms with Crippen LogP contribution in [-0.4, -0.2) is 29.6 Å². The number of nitrogens with one attached hydrogen (secondary N) is 1. The molecule has 1 aromatic heterocycles. The van der Waals surface area contributed by atoms with Crippen molar-refractivity contribution in [3.8, 4) is 0 Å². The zero-order valence-corrected chi connectivity index (χ0v) is 9.77. The van der Waals surface area contributed by atoms with Gasteiger partial charge in [-0.05, 0) is 19.1 Å². The summed E-state index contributed by atoms with van der Waals surface area (Å²) in [7, 11) is 0. The lowest BCUT2D eigenvalue weighted by Crippen LogP contribution is -2.40. The van der Waals surface area contributed by atoms with E-state index in [2.05, 4.69) is 12.2 Å². The highest BCUT2D eigenvalue weighted by Gasteiger charge is 2.28. The summed E-state index contributed by atoms with van der Waals surface area (Å²) < 4.78 is 5.77. The number of hydrogen-bond acceptors (Lipinski definition) is 4. The molecule has 0 aliphatic carbocycles. The predicted octanol–water partition coefficient (Wildman–Crippen LogP) is 1.89. The summed E-state index contributed by atoms with van der Waals surface area (Å²) >= 11 is 2.03. The minimum atomic E-state index is 0.520. The molecule has 82 valence electrons. The topological polar surface area (TPSA) is 38.1 Å². The molecule has 2 aliphatic rings. The van der Waals surface area contributed by atoms with Crippen molar-refractivity contribution in [3.63, 3.8) is 0 Å². The number of aromatic nitrogens is 1. The van der Waals surface area contributed by atoms with Crippen LogP contribution in [0.1, 0.15) is 35.6 Å². The van der Waals surface area contributed by atoms with Crippen molar-refractivity contribution in [1.29, 1.82) is 0 Å². The van der Waals surface area contributed by atoms with Gasteiger partial charge in [-0.3, -0.25) is 0 Å². The van der Waals surface area contributed by atoms with Crippen LogP contribution in [0.15, 0.2) is 4.42 Å². The van der Waals surface area contributed by atoms with Crippen LogP contribution in [0.5, 0.6) is 0 Å². The van der Waals surface area contributed by atoms with Crippen LogP contribution in [0.25, 0.3) is 0 Å². The minimum Gasteiger partial charge on any atom is -0.445 e. The molecule has 1 atom stereocenters. The number of hydrogen-bond donors (Lipinski definition) is 1. The van der Waals surface area contributed by atoms with Crippen LogP contribution < -0.4 is 5.32 Å². The first-order valence-corrected chi connectivity index (χ1v) is 6.75. The molecule has 4 heteroatoms. The van der Waals surface area contributed by atoms with Crippen LogP contribution in [-0.2, 0) is 0 Å². The van der Waals surface area contributed by atoms with Gasteiger partial charge in [0.15, 0.2) is 5.89 Å². The van der Waals surface area contributed by atoms with Gasteiger partial charge in [-0.25, -0.2) is 4.98 Å². The minimum absolute atomic E-state index is 0.520. The normalized spacial score (nSPS) is 26.9. The average Bonchev–Trinajstić information content (AvgIpc) is 2.70. The van der Waals surface area contributed by atoms with Gasteiger partial charge in [-0.1, -0.05) is 0 Å². The summed E-state index contributed by atoms with van der Waals surface area (Å²) in [6.45, 7) is 4.11. The fraction of sp³-hybridized carbons (Fsp3) is 0.727. The lowest BCUT2D eigenvalue weighted by Gasteiger charge is -2.23. The molecule has 1 N–H and O–H groups in total. The van der Waals surface area contributed by atoms with Gasteiger partial charge in [0.2, 0.25) is 0 Å². The van der Waals surface area contributed by atoms with E-state index in [9.17, 15) is 0 Å². The molecule has 1 aromatic rings. The van der Waals surface area contributed by atoms with Crippen molar-refractivity contribution in [2.75, 3.05) is 24.6 Å². The molecule has 0 spiro atoms. The van der Waals surface area contributed by atoms with Crippen LogP contribution in [0.4, 0.5) is 0 Å². The fourth-order valence-corrected chi connectivity index (χ4v) is 3.42. The SMILES string of the molecule is Cc1oc(C2CNC2)nc1C1CCSC1. The van der Waals surface area contributed by atoms with E-state index in [1.54, 1.807) is 0 Å². The van der Waals surface area contributed by atoms with Crippen LogP contribution in [0, 0.1) is 6.92 Å². The third-order valence-corrected chi connectivity index (χ3v) is 4.46. The maximum atomic E-state index is 5.77. The second kappa shape index (κ2) is 3.83. The van der Waals surface area contributed by atoms with E-state index in [1.807, 2.05) is 11.8 Å². The molecule has 1 unspecified atom stereocenters. The Hall–Kier alpha value is -0.480. The van der Waals surface area contributed by atoms with Gasteiger partial charge in [-0.15, -0.1) is 0 Å². The Kier molecular flexibility index (Phi) is 2.48. The third kappa shape index (κ3) is 1.70. The molecule has 0 bridgehead atoms. The van der Waals surface area contributed by atoms with Crippen LogP contribution >= 0.6 is 11.8 Å². The lowest BCUT2D eigenvalue weighted by atomic mass is 10.0. The van der Waals surface area contributed by atoms with Crippen LogP contribution in [0.2, 0.25) is 0 Å². The number of rotatable bonds is 2. The summed E-state index contributed by atoms with van der Waals surface area (Å²) in [6.07, 6.45) is 1.26. The summed E-state index contributed by atoms with van der Waals surface area (Å²) in [5, 5.41) is 3.25. The smallest absolute Gasteiger partial charge is 0.200 e. The van der Waals surface area contributed by atoms with E-state index >= 15 is 0 Å². The first kappa shape index (κ1) is 9.73. The Morgan fingerprint density at radius 1 is 1.40 bits per heavy atom. The molecular formula is C11H16N2OS. The first-order chi connectivity index (χ1) is 7.34. The summed E-state index contributed by atoms with van der Waals surface area (Å²) in [6, 6.07) is 0. The van der Waals surface area contributed by atoms with Crippen LogP contribution in [0.3, 0.4) is 0 Å². The number of oxazole rings is 1. The maximum absolute atomic E-state index is 5.77. The van der Waals surface area contributed by atoms with E-state index in [0.29, 0.717) is 11.8 Å². The van der Waals surface area contributed by atoms with E-state index < -0.39 is 0 Å². The Morgan fingerprint density at radius 3 is 2.87 bits per heavy atom. The molecule has 3 rings (SSSR count). The Morgan fingerprint density at radius 2 is 2.27 bits per heavy atom. The average molecular weight is 224 g/mol. The maximum Gasteiger partial charge on any atom is 0.200 e. The Balaban J connectivity index is 1.84. The molecular weight excluding hydrogens is 208 g/mol. The second-order valence-corrected chi connectivity index (χ2v) is 5.56. The molecule has 0 saturated carbocycles. The number of nitrogens with zero attached hydrogens (tertiary/aromatic N) is 1. The van der Waals surface area contributed by atoms with Crippen molar-refractivity contribution in [3.05, 3.63) is 17.3 Å². The highest BCUT2D eigenvalue weighted by Crippen LogP contribution is 2.35. The van der Waals surface area contributed by atoms with Gasteiger partial charge in [0.05, 0.1) is 11.6 Å². The molecule has 3 heterocycles. The zero-order valence-electron chi connectivity index (χ0n) is 8.95. The molecule has 2 aliphatic heterocycles. The van der Waals surface area contributed by atoms with Gasteiger partial charge >= 0.3 is 0 Å². The van der Waals surface area contributed by atoms with Gasteiger partial charge in [-0.2, -0.15) is 11.8 Å². The van der Waals surface area contributed by atoms with Gasteiger partial charge in [0.25, 0.3) is 0 Å². The summed E-state index contributed by atoms with van der Waals surface area (Å²) in [5.74, 6) is 5.65. The molecule has 0 radical (unpaired) electrons. The highest BCUT2D eigenvalue weighted by atomic mass is 32.2. The molecule has 0 aromatic carbocycles. The van der Waals surface area contributed by atoms with E-state index in [-0.39, 0.29) is 0 Å². The Labute approximate surface area is 94.0 Å². The summed E-state index contributed by atoms with van der Waals surface area (Å²) in [4.78, 5) is 4.69. The standard InChI is InChI=1S/C11H16N2OS/c1-7-10(8-2-3-15-6-8)13-11(14-7)9-4-12-5-9/h8-9,12H,2-6H2,1H3. The number of aryl methyl sites for hydroxylation is 1. The largest absolute Gasteiger partial charge is 0.445 e. The first-order valence-electron chi connectivity index (χ1n) is 5.60. The van der Waals surface area contributed by atoms with Crippen molar-refractivity contribution >= 4 is 11.8 Å². The Bertz CT molecular complexity index is 353. The van der Waals surface area contributed by atoms with E-state index in [0.717, 1.165) is 24.7 Å². The zero-order chi connectivity index (χ0) is 10.3. The third-order valence-electron chi connectivity index (χ3n) is 3.30. The van der Waals surface area contributed by atoms with Gasteiger partial charge in [0.1, 0.15) is 5.76 Å². The molecule has 3 nitrogen and oxygen atoms in total. The number of thioether (sulfide) groups is 1. The van der Waals surface area contributed by atoms with E-state index in [4.69, 9.17) is 9.40 Å².